The molecule has 1 aliphatic heterocycles. The molecule has 1 N–H and O–H groups in total. The highest BCUT2D eigenvalue weighted by Crippen LogP contribution is 2.39. The summed E-state index contributed by atoms with van der Waals surface area (Å²) < 4.78 is 10.8. The third-order valence-electron chi connectivity index (χ3n) is 3.09. The molecule has 1 aromatic carbocycles. The van der Waals surface area contributed by atoms with E-state index in [-0.39, 0.29) is 12.0 Å². The third kappa shape index (κ3) is 1.67. The van der Waals surface area contributed by atoms with E-state index in [2.05, 4.69) is 0 Å². The Morgan fingerprint density at radius 3 is 2.73 bits per heavy atom. The first-order chi connectivity index (χ1) is 7.13. The van der Waals surface area contributed by atoms with Crippen molar-refractivity contribution in [3.63, 3.8) is 0 Å². The summed E-state index contributed by atoms with van der Waals surface area (Å²) in [6.07, 6.45) is -0.422. The Balaban J connectivity index is 2.41. The van der Waals surface area contributed by atoms with Gasteiger partial charge in [0.25, 0.3) is 0 Å². The summed E-state index contributed by atoms with van der Waals surface area (Å²) in [6, 6.07) is 5.52. The molecule has 1 heterocycles. The zero-order chi connectivity index (χ0) is 11.0. The van der Waals surface area contributed by atoms with E-state index in [0.717, 1.165) is 17.1 Å². The highest BCUT2D eigenvalue weighted by atomic mass is 16.5. The molecule has 0 spiro atoms. The van der Waals surface area contributed by atoms with Gasteiger partial charge in [-0.05, 0) is 19.1 Å². The van der Waals surface area contributed by atoms with Crippen molar-refractivity contribution in [3.05, 3.63) is 23.8 Å². The minimum Gasteiger partial charge on any atom is -0.497 e. The van der Waals surface area contributed by atoms with Crippen molar-refractivity contribution in [2.45, 2.75) is 26.1 Å². The zero-order valence-electron chi connectivity index (χ0n) is 9.23. The van der Waals surface area contributed by atoms with Crippen LogP contribution in [0.5, 0.6) is 11.5 Å². The lowest BCUT2D eigenvalue weighted by molar-refractivity contribution is 0.0173. The van der Waals surface area contributed by atoms with E-state index in [1.807, 2.05) is 32.0 Å². The van der Waals surface area contributed by atoms with Crippen molar-refractivity contribution >= 4 is 0 Å². The monoisotopic (exact) mass is 208 g/mol. The Bertz CT molecular complexity index is 362. The second-order valence-electron chi connectivity index (χ2n) is 4.03. The highest BCUT2D eigenvalue weighted by Gasteiger charge is 2.31. The quantitative estimate of drug-likeness (QED) is 0.768. The summed E-state index contributed by atoms with van der Waals surface area (Å²) in [5.41, 5.74) is 0.849. The summed E-state index contributed by atoms with van der Waals surface area (Å²) >= 11 is 0. The molecule has 0 fully saturated rings. The maximum atomic E-state index is 10.0. The van der Waals surface area contributed by atoms with Crippen LogP contribution in [0.25, 0.3) is 0 Å². The minimum atomic E-state index is -0.449. The van der Waals surface area contributed by atoms with E-state index >= 15 is 0 Å². The van der Waals surface area contributed by atoms with E-state index < -0.39 is 6.10 Å². The van der Waals surface area contributed by atoms with Crippen molar-refractivity contribution in [3.8, 4) is 11.5 Å². The lowest BCUT2D eigenvalue weighted by Gasteiger charge is -2.33. The van der Waals surface area contributed by atoms with Crippen molar-refractivity contribution in [2.75, 3.05) is 7.11 Å². The molecule has 3 atom stereocenters. The Hall–Kier alpha value is -1.22. The van der Waals surface area contributed by atoms with Crippen LogP contribution in [0.15, 0.2) is 18.2 Å². The molecule has 2 rings (SSSR count). The van der Waals surface area contributed by atoms with Gasteiger partial charge in [0, 0.05) is 17.5 Å². The molecule has 0 bridgehead atoms. The maximum Gasteiger partial charge on any atom is 0.129 e. The summed E-state index contributed by atoms with van der Waals surface area (Å²) in [4.78, 5) is 0. The van der Waals surface area contributed by atoms with Crippen LogP contribution in [0, 0.1) is 5.92 Å². The SMILES string of the molecule is COc1ccc2c(c1)O[C@H](C)[C@@H](C)[C@@H]2O. The number of aliphatic hydroxyl groups is 1. The smallest absolute Gasteiger partial charge is 0.129 e. The van der Waals surface area contributed by atoms with Gasteiger partial charge in [-0.2, -0.15) is 0 Å². The molecule has 1 aliphatic rings. The average molecular weight is 208 g/mol. The zero-order valence-corrected chi connectivity index (χ0v) is 9.23. The topological polar surface area (TPSA) is 38.7 Å². The normalized spacial score (nSPS) is 29.2. The lowest BCUT2D eigenvalue weighted by atomic mass is 9.90. The number of aliphatic hydroxyl groups excluding tert-OH is 1. The van der Waals surface area contributed by atoms with Gasteiger partial charge in [-0.1, -0.05) is 6.92 Å². The van der Waals surface area contributed by atoms with E-state index in [1.54, 1.807) is 7.11 Å². The Morgan fingerprint density at radius 2 is 2.07 bits per heavy atom. The molecule has 1 aromatic rings. The molecule has 0 saturated carbocycles. The first-order valence-electron chi connectivity index (χ1n) is 5.16. The van der Waals surface area contributed by atoms with Gasteiger partial charge in [0.15, 0.2) is 0 Å². The van der Waals surface area contributed by atoms with Crippen molar-refractivity contribution in [1.82, 2.24) is 0 Å². The van der Waals surface area contributed by atoms with Gasteiger partial charge in [-0.15, -0.1) is 0 Å². The standard InChI is InChI=1S/C12H16O3/c1-7-8(2)15-11-6-9(14-3)4-5-10(11)12(7)13/h4-8,12-13H,1-3H3/t7-,8-,12+/m1/s1. The van der Waals surface area contributed by atoms with Crippen LogP contribution in [0.1, 0.15) is 25.5 Å². The first kappa shape index (κ1) is 10.3. The molecule has 0 radical (unpaired) electrons. The molecule has 0 saturated heterocycles. The maximum absolute atomic E-state index is 10.0. The number of hydrogen-bond acceptors (Lipinski definition) is 3. The molecule has 0 amide bonds. The van der Waals surface area contributed by atoms with Crippen LogP contribution in [0.3, 0.4) is 0 Å². The summed E-state index contributed by atoms with van der Waals surface area (Å²) in [7, 11) is 1.62. The largest absolute Gasteiger partial charge is 0.497 e. The van der Waals surface area contributed by atoms with Crippen LogP contribution in [0.2, 0.25) is 0 Å². The van der Waals surface area contributed by atoms with Crippen LogP contribution in [0.4, 0.5) is 0 Å². The van der Waals surface area contributed by atoms with Crippen LogP contribution < -0.4 is 9.47 Å². The Kier molecular flexibility index (Phi) is 2.57. The number of hydrogen-bond donors (Lipinski definition) is 1. The van der Waals surface area contributed by atoms with Crippen LogP contribution >= 0.6 is 0 Å². The average Bonchev–Trinajstić information content (AvgIpc) is 2.25. The van der Waals surface area contributed by atoms with Gasteiger partial charge in [0.1, 0.15) is 17.6 Å². The van der Waals surface area contributed by atoms with Crippen LogP contribution in [-0.4, -0.2) is 18.3 Å². The van der Waals surface area contributed by atoms with E-state index in [1.165, 1.54) is 0 Å². The van der Waals surface area contributed by atoms with Gasteiger partial charge in [-0.3, -0.25) is 0 Å². The first-order valence-corrected chi connectivity index (χ1v) is 5.16. The molecule has 82 valence electrons. The molecule has 0 unspecified atom stereocenters. The van der Waals surface area contributed by atoms with Crippen molar-refractivity contribution in [2.24, 2.45) is 5.92 Å². The third-order valence-corrected chi connectivity index (χ3v) is 3.09. The van der Waals surface area contributed by atoms with Gasteiger partial charge in [-0.25, -0.2) is 0 Å². The predicted octanol–water partition coefficient (Wildman–Crippen LogP) is 2.15. The fourth-order valence-electron chi connectivity index (χ4n) is 1.84. The van der Waals surface area contributed by atoms with Gasteiger partial charge < -0.3 is 14.6 Å². The Morgan fingerprint density at radius 1 is 1.33 bits per heavy atom. The number of ether oxygens (including phenoxy) is 2. The summed E-state index contributed by atoms with van der Waals surface area (Å²) in [6.45, 7) is 3.96. The number of rotatable bonds is 1. The second kappa shape index (κ2) is 3.74. The molecular formula is C12H16O3. The molecule has 0 aromatic heterocycles. The fraction of sp³-hybridized carbons (Fsp3) is 0.500. The second-order valence-corrected chi connectivity index (χ2v) is 4.03. The van der Waals surface area contributed by atoms with E-state index in [0.29, 0.717) is 0 Å². The van der Waals surface area contributed by atoms with Crippen molar-refractivity contribution < 1.29 is 14.6 Å². The number of benzene rings is 1. The van der Waals surface area contributed by atoms with Crippen molar-refractivity contribution in [1.29, 1.82) is 0 Å². The van der Waals surface area contributed by atoms with E-state index in [4.69, 9.17) is 9.47 Å². The van der Waals surface area contributed by atoms with E-state index in [9.17, 15) is 5.11 Å². The minimum absolute atomic E-state index is 0.0274. The predicted molar refractivity (Wildman–Crippen MR) is 57.2 cm³/mol. The molecule has 0 aliphatic carbocycles. The summed E-state index contributed by atoms with van der Waals surface area (Å²) in [5.74, 6) is 1.60. The molecule has 3 heteroatoms. The molecule has 15 heavy (non-hydrogen) atoms. The fourth-order valence-corrected chi connectivity index (χ4v) is 1.84. The van der Waals surface area contributed by atoms with Gasteiger partial charge in [0.2, 0.25) is 0 Å². The number of fused-ring (bicyclic) bond motifs is 1. The number of methoxy groups -OCH3 is 1. The highest BCUT2D eigenvalue weighted by molar-refractivity contribution is 5.43. The van der Waals surface area contributed by atoms with Gasteiger partial charge >= 0.3 is 0 Å². The molecular weight excluding hydrogens is 192 g/mol. The molecule has 3 nitrogen and oxygen atoms in total. The lowest BCUT2D eigenvalue weighted by Crippen LogP contribution is -2.31. The Labute approximate surface area is 89.6 Å². The summed E-state index contributed by atoms with van der Waals surface area (Å²) in [5, 5.41) is 10.0. The van der Waals surface area contributed by atoms with Crippen LogP contribution in [-0.2, 0) is 0 Å². The van der Waals surface area contributed by atoms with Gasteiger partial charge in [0.05, 0.1) is 13.2 Å².